The van der Waals surface area contributed by atoms with E-state index in [9.17, 15) is 10.2 Å². The third-order valence-electron chi connectivity index (χ3n) is 5.60. The first-order valence-electron chi connectivity index (χ1n) is 9.91. The third-order valence-corrected chi connectivity index (χ3v) is 5.60. The van der Waals surface area contributed by atoms with E-state index in [0.29, 0.717) is 35.9 Å². The number of para-hydroxylation sites is 2. The minimum absolute atomic E-state index is 0.0150. The van der Waals surface area contributed by atoms with E-state index in [1.807, 2.05) is 36.4 Å². The lowest BCUT2D eigenvalue weighted by atomic mass is 9.97. The van der Waals surface area contributed by atoms with E-state index < -0.39 is 12.0 Å². The second kappa shape index (κ2) is 8.33. The number of methoxy groups -OCH3 is 2. The highest BCUT2D eigenvalue weighted by Gasteiger charge is 2.47. The lowest BCUT2D eigenvalue weighted by molar-refractivity contribution is 0.141. The summed E-state index contributed by atoms with van der Waals surface area (Å²) >= 11 is 0. The maximum absolute atomic E-state index is 11.2. The molecule has 0 saturated carbocycles. The molecule has 1 aromatic heterocycles. The highest BCUT2D eigenvalue weighted by molar-refractivity contribution is 6.04. The number of hydrogen-bond donors (Lipinski definition) is 4. The number of aliphatic hydroxyl groups excluding tert-OH is 2. The standard InChI is InChI=1S/C22H26N4O4/c1-29-14-10-13(11-15(12-14)30-2)26-18(8-5-9-27)20(28)19(21(26)23)22-24-16-6-3-4-7-17(16)25-22/h3-4,6-7,10-12,18-20,23,27-28H,5,8-9H2,1-2H3,(H,24,25). The van der Waals surface area contributed by atoms with Gasteiger partial charge in [0, 0.05) is 30.5 Å². The summed E-state index contributed by atoms with van der Waals surface area (Å²) in [5, 5.41) is 29.5. The molecule has 1 saturated heterocycles. The zero-order valence-electron chi connectivity index (χ0n) is 17.0. The van der Waals surface area contributed by atoms with Crippen LogP contribution >= 0.6 is 0 Å². The summed E-state index contributed by atoms with van der Waals surface area (Å²) in [5.74, 6) is 1.37. The number of rotatable bonds is 7. The number of benzene rings is 2. The van der Waals surface area contributed by atoms with Crippen molar-refractivity contribution in [1.82, 2.24) is 9.97 Å². The van der Waals surface area contributed by atoms with Crippen molar-refractivity contribution in [3.63, 3.8) is 0 Å². The van der Waals surface area contributed by atoms with E-state index in [1.165, 1.54) is 0 Å². The molecule has 1 aliphatic rings. The van der Waals surface area contributed by atoms with Gasteiger partial charge in [0.1, 0.15) is 29.1 Å². The van der Waals surface area contributed by atoms with Crippen molar-refractivity contribution in [1.29, 1.82) is 5.41 Å². The molecule has 3 unspecified atom stereocenters. The highest BCUT2D eigenvalue weighted by atomic mass is 16.5. The van der Waals surface area contributed by atoms with Gasteiger partial charge in [0.15, 0.2) is 0 Å². The molecule has 2 aromatic carbocycles. The number of imidazole rings is 1. The Balaban J connectivity index is 1.77. The largest absolute Gasteiger partial charge is 0.497 e. The number of hydrogen-bond acceptors (Lipinski definition) is 6. The molecular weight excluding hydrogens is 384 g/mol. The average molecular weight is 410 g/mol. The van der Waals surface area contributed by atoms with Crippen LogP contribution in [0.4, 0.5) is 5.69 Å². The smallest absolute Gasteiger partial charge is 0.124 e. The van der Waals surface area contributed by atoms with Crippen LogP contribution in [0, 0.1) is 5.41 Å². The van der Waals surface area contributed by atoms with Crippen molar-refractivity contribution in [3.05, 3.63) is 48.3 Å². The Morgan fingerprint density at radius 2 is 1.83 bits per heavy atom. The van der Waals surface area contributed by atoms with Gasteiger partial charge in [-0.2, -0.15) is 0 Å². The summed E-state index contributed by atoms with van der Waals surface area (Å²) in [6, 6.07) is 12.6. The van der Waals surface area contributed by atoms with Crippen LogP contribution in [0.5, 0.6) is 11.5 Å². The molecule has 158 valence electrons. The van der Waals surface area contributed by atoms with Gasteiger partial charge in [-0.25, -0.2) is 4.98 Å². The van der Waals surface area contributed by atoms with Gasteiger partial charge in [-0.15, -0.1) is 0 Å². The maximum atomic E-state index is 11.2. The predicted molar refractivity (Wildman–Crippen MR) is 115 cm³/mol. The van der Waals surface area contributed by atoms with Gasteiger partial charge in [-0.05, 0) is 25.0 Å². The lowest BCUT2D eigenvalue weighted by Crippen LogP contribution is -2.37. The van der Waals surface area contributed by atoms with Crippen molar-refractivity contribution >= 4 is 22.6 Å². The number of H-pyrrole nitrogens is 1. The normalized spacial score (nSPS) is 21.4. The van der Waals surface area contributed by atoms with Crippen LogP contribution < -0.4 is 14.4 Å². The van der Waals surface area contributed by atoms with Crippen LogP contribution in [0.3, 0.4) is 0 Å². The molecule has 4 rings (SSSR count). The van der Waals surface area contributed by atoms with Crippen molar-refractivity contribution in [2.24, 2.45) is 0 Å². The van der Waals surface area contributed by atoms with E-state index in [2.05, 4.69) is 9.97 Å². The summed E-state index contributed by atoms with van der Waals surface area (Å²) in [4.78, 5) is 9.67. The van der Waals surface area contributed by atoms with Gasteiger partial charge in [0.05, 0.1) is 37.4 Å². The minimum Gasteiger partial charge on any atom is -0.497 e. The fraction of sp³-hybridized carbons (Fsp3) is 0.364. The Bertz CT molecular complexity index is 995. The lowest BCUT2D eigenvalue weighted by Gasteiger charge is -2.28. The monoisotopic (exact) mass is 410 g/mol. The van der Waals surface area contributed by atoms with Crippen LogP contribution in [0.2, 0.25) is 0 Å². The third kappa shape index (κ3) is 3.48. The number of aromatic nitrogens is 2. The van der Waals surface area contributed by atoms with Crippen LogP contribution in [-0.4, -0.2) is 59.0 Å². The Labute approximate surface area is 174 Å². The van der Waals surface area contributed by atoms with Crippen molar-refractivity contribution in [2.75, 3.05) is 25.7 Å². The number of nitrogens with zero attached hydrogens (tertiary/aromatic N) is 2. The molecule has 8 nitrogen and oxygen atoms in total. The molecule has 3 aromatic rings. The zero-order chi connectivity index (χ0) is 21.3. The number of fused-ring (bicyclic) bond motifs is 1. The molecule has 0 spiro atoms. The van der Waals surface area contributed by atoms with Gasteiger partial charge in [0.2, 0.25) is 0 Å². The van der Waals surface area contributed by atoms with E-state index in [4.69, 9.17) is 14.9 Å². The van der Waals surface area contributed by atoms with E-state index in [1.54, 1.807) is 25.2 Å². The van der Waals surface area contributed by atoms with E-state index >= 15 is 0 Å². The zero-order valence-corrected chi connectivity index (χ0v) is 17.0. The van der Waals surface area contributed by atoms with Gasteiger partial charge in [0.25, 0.3) is 0 Å². The SMILES string of the molecule is COc1cc(OC)cc(N2C(=N)C(c3nc4ccccc4[nH]3)C(O)C2CCCO)c1. The van der Waals surface area contributed by atoms with Gasteiger partial charge >= 0.3 is 0 Å². The first-order valence-corrected chi connectivity index (χ1v) is 9.91. The molecular formula is C22H26N4O4. The average Bonchev–Trinajstić information content (AvgIpc) is 3.29. The maximum Gasteiger partial charge on any atom is 0.124 e. The predicted octanol–water partition coefficient (Wildman–Crippen LogP) is 2.66. The number of aliphatic hydroxyl groups is 2. The molecule has 3 atom stereocenters. The Morgan fingerprint density at radius 1 is 1.13 bits per heavy atom. The van der Waals surface area contributed by atoms with Crippen LogP contribution in [0.25, 0.3) is 11.0 Å². The number of aromatic amines is 1. The molecule has 0 radical (unpaired) electrons. The van der Waals surface area contributed by atoms with Gasteiger partial charge < -0.3 is 29.6 Å². The molecule has 1 aliphatic heterocycles. The Morgan fingerprint density at radius 3 is 2.47 bits per heavy atom. The number of nitrogens with one attached hydrogen (secondary N) is 2. The summed E-state index contributed by atoms with van der Waals surface area (Å²) < 4.78 is 10.8. The second-order valence-corrected chi connectivity index (χ2v) is 7.37. The van der Waals surface area contributed by atoms with Crippen LogP contribution in [0.1, 0.15) is 24.6 Å². The number of ether oxygens (including phenoxy) is 2. The van der Waals surface area contributed by atoms with Gasteiger partial charge in [-0.3, -0.25) is 5.41 Å². The first kappa shape index (κ1) is 20.2. The van der Waals surface area contributed by atoms with Gasteiger partial charge in [-0.1, -0.05) is 12.1 Å². The van der Waals surface area contributed by atoms with Crippen molar-refractivity contribution in [2.45, 2.75) is 30.9 Å². The summed E-state index contributed by atoms with van der Waals surface area (Å²) in [6.45, 7) is 0.0150. The fourth-order valence-electron chi connectivity index (χ4n) is 4.14. The molecule has 4 N–H and O–H groups in total. The summed E-state index contributed by atoms with van der Waals surface area (Å²) in [6.07, 6.45) is 0.178. The second-order valence-electron chi connectivity index (χ2n) is 7.37. The summed E-state index contributed by atoms with van der Waals surface area (Å²) in [5.41, 5.74) is 2.35. The minimum atomic E-state index is -0.859. The van der Waals surface area contributed by atoms with Crippen LogP contribution in [-0.2, 0) is 0 Å². The molecule has 2 heterocycles. The molecule has 8 heteroatoms. The van der Waals surface area contributed by atoms with E-state index in [-0.39, 0.29) is 18.5 Å². The molecule has 30 heavy (non-hydrogen) atoms. The highest BCUT2D eigenvalue weighted by Crippen LogP contribution is 2.40. The first-order chi connectivity index (χ1) is 14.6. The molecule has 1 fully saturated rings. The topological polar surface area (TPSA) is 115 Å². The van der Waals surface area contributed by atoms with E-state index in [0.717, 1.165) is 11.0 Å². The van der Waals surface area contributed by atoms with Crippen LogP contribution in [0.15, 0.2) is 42.5 Å². The Kier molecular flexibility index (Phi) is 5.61. The summed E-state index contributed by atoms with van der Waals surface area (Å²) in [7, 11) is 3.15. The number of amidine groups is 1. The molecule has 0 amide bonds. The van der Waals surface area contributed by atoms with Crippen molar-refractivity contribution in [3.8, 4) is 11.5 Å². The Hall–Kier alpha value is -3.10. The molecule has 0 aliphatic carbocycles. The fourth-order valence-corrected chi connectivity index (χ4v) is 4.14. The van der Waals surface area contributed by atoms with Crippen molar-refractivity contribution < 1.29 is 19.7 Å². The molecule has 0 bridgehead atoms. The quantitative estimate of drug-likeness (QED) is 0.476. The number of anilines is 1.